The van der Waals surface area contributed by atoms with E-state index in [2.05, 4.69) is 40.5 Å². The van der Waals surface area contributed by atoms with Crippen LogP contribution in [-0.4, -0.2) is 201 Å². The van der Waals surface area contributed by atoms with Gasteiger partial charge in [-0.15, -0.1) is 0 Å². The average molecular weight is 1180 g/mol. The molecule has 2 heterocycles. The first-order valence-electron chi connectivity index (χ1n) is 27.9. The third-order valence-electron chi connectivity index (χ3n) is 10.8. The van der Waals surface area contributed by atoms with Crippen molar-refractivity contribution in [2.75, 3.05) is 127 Å². The van der Waals surface area contributed by atoms with Crippen molar-refractivity contribution in [3.63, 3.8) is 0 Å². The molecule has 3 N–H and O–H groups in total. The molecule has 0 spiro atoms. The van der Waals surface area contributed by atoms with Crippen LogP contribution in [0.1, 0.15) is 155 Å². The van der Waals surface area contributed by atoms with E-state index in [9.17, 15) is 53.1 Å². The molecule has 0 unspecified atom stereocenters. The van der Waals surface area contributed by atoms with Crippen LogP contribution in [0.4, 0.5) is 0 Å². The maximum atomic E-state index is 11.7. The maximum Gasteiger partial charge on any atom is 0.330 e. The lowest BCUT2D eigenvalue weighted by molar-refractivity contribution is -0.938. The molecule has 2 fully saturated rings. The van der Waals surface area contributed by atoms with Crippen molar-refractivity contribution in [2.45, 2.75) is 155 Å². The summed E-state index contributed by atoms with van der Waals surface area (Å²) in [4.78, 5) is 114. The minimum atomic E-state index is -1.01. The van der Waals surface area contributed by atoms with Crippen molar-refractivity contribution in [3.8, 4) is 0 Å². The Morgan fingerprint density at radius 1 is 0.561 bits per heavy atom. The van der Waals surface area contributed by atoms with E-state index in [1.54, 1.807) is 76.2 Å². The number of carbonyl (C=O) groups excluding carboxylic acids is 9. The molecule has 2 aliphatic rings. The number of methoxy groups -OCH3 is 4. The van der Waals surface area contributed by atoms with Crippen molar-refractivity contribution >= 4 is 59.7 Å². The summed E-state index contributed by atoms with van der Waals surface area (Å²) in [7, 11) is 5.58. The smallest absolute Gasteiger partial charge is 0.330 e. The fourth-order valence-corrected chi connectivity index (χ4v) is 5.05. The molecule has 0 aromatic heterocycles. The lowest BCUT2D eigenvalue weighted by Crippen LogP contribution is -3.17. The minimum absolute atomic E-state index is 0.0839. The second kappa shape index (κ2) is 49.9. The number of ether oxygens (including phenoxy) is 8. The average Bonchev–Trinajstić information content (AvgIpc) is 3.36. The molecule has 0 aliphatic carbocycles. The fraction of sp³-hybridized carbons (Fsp3) is 0.793. The first-order chi connectivity index (χ1) is 37.9. The van der Waals surface area contributed by atoms with Crippen LogP contribution >= 0.6 is 0 Å². The van der Waals surface area contributed by atoms with Crippen LogP contribution in [0, 0.1) is 21.7 Å². The molecule has 0 atom stereocenters. The van der Waals surface area contributed by atoms with Gasteiger partial charge >= 0.3 is 53.7 Å². The van der Waals surface area contributed by atoms with Gasteiger partial charge in [-0.25, -0.2) is 4.79 Å². The Morgan fingerprint density at radius 2 is 0.976 bits per heavy atom. The van der Waals surface area contributed by atoms with Gasteiger partial charge < -0.3 is 72.9 Å². The molecule has 480 valence electrons. The van der Waals surface area contributed by atoms with Gasteiger partial charge in [-0.05, 0) is 115 Å². The van der Waals surface area contributed by atoms with Gasteiger partial charge in [0.25, 0.3) is 0 Å². The zero-order valence-corrected chi connectivity index (χ0v) is 53.4. The number of carboxylic acids is 2. The molecule has 0 bridgehead atoms. The molecule has 24 nitrogen and oxygen atoms in total. The van der Waals surface area contributed by atoms with Crippen molar-refractivity contribution in [1.82, 2.24) is 15.1 Å². The summed E-state index contributed by atoms with van der Waals surface area (Å²) >= 11 is 0. The number of aliphatic carboxylic acids is 2. The fourth-order valence-electron chi connectivity index (χ4n) is 5.05. The number of rotatable bonds is 26. The molecule has 24 heteroatoms. The highest BCUT2D eigenvalue weighted by atomic mass is 16.6. The van der Waals surface area contributed by atoms with Crippen molar-refractivity contribution in [3.05, 3.63) is 12.7 Å². The van der Waals surface area contributed by atoms with E-state index in [-0.39, 0.29) is 60.6 Å². The number of nitrogens with one attached hydrogen (secondary N) is 2. The topological polar surface area (TPSA) is 311 Å². The molecule has 0 aromatic carbocycles. The van der Waals surface area contributed by atoms with Crippen LogP contribution in [0.3, 0.4) is 0 Å². The van der Waals surface area contributed by atoms with E-state index in [0.29, 0.717) is 84.8 Å². The van der Waals surface area contributed by atoms with Crippen LogP contribution in [-0.2, 0) is 85.8 Å². The summed E-state index contributed by atoms with van der Waals surface area (Å²) in [5.41, 5.74) is -2.24. The number of esters is 8. The second-order valence-electron chi connectivity index (χ2n) is 22.5. The van der Waals surface area contributed by atoms with Crippen LogP contribution in [0.25, 0.3) is 0 Å². The Kier molecular flexibility index (Phi) is 51.7. The molecule has 2 rings (SSSR count). The number of carbonyl (C=O) groups is 10. The van der Waals surface area contributed by atoms with Gasteiger partial charge in [0.2, 0.25) is 0 Å². The van der Waals surface area contributed by atoms with Crippen LogP contribution in [0.15, 0.2) is 12.7 Å². The Balaban J connectivity index is -0.000000298. The molecule has 0 radical (unpaired) electrons. The number of nitrogens with zero attached hydrogens (tertiary/aromatic N) is 2. The summed E-state index contributed by atoms with van der Waals surface area (Å²) in [6.45, 7) is 38.3. The predicted octanol–water partition coefficient (Wildman–Crippen LogP) is 3.63. The number of hydrogen-bond acceptors (Lipinski definition) is 22. The van der Waals surface area contributed by atoms with Crippen molar-refractivity contribution in [2.24, 2.45) is 21.7 Å². The Hall–Kier alpha value is -5.72. The van der Waals surface area contributed by atoms with Crippen molar-refractivity contribution in [1.29, 1.82) is 0 Å². The third kappa shape index (κ3) is 57.5. The van der Waals surface area contributed by atoms with E-state index < -0.39 is 33.6 Å². The van der Waals surface area contributed by atoms with Crippen molar-refractivity contribution < 1.29 is 101 Å². The van der Waals surface area contributed by atoms with Gasteiger partial charge in [0, 0.05) is 56.6 Å². The lowest BCUT2D eigenvalue weighted by Gasteiger charge is -2.29. The second-order valence-corrected chi connectivity index (χ2v) is 22.5. The van der Waals surface area contributed by atoms with E-state index in [1.807, 2.05) is 25.7 Å². The normalized spacial score (nSPS) is 12.6. The monoisotopic (exact) mass is 1180 g/mol. The van der Waals surface area contributed by atoms with Gasteiger partial charge in [0.1, 0.15) is 0 Å². The summed E-state index contributed by atoms with van der Waals surface area (Å²) in [6, 6.07) is 0. The summed E-state index contributed by atoms with van der Waals surface area (Å²) in [6.07, 6.45) is 7.09. The molecule has 0 amide bonds. The standard InChI is InChI=1S/C17H31NO6.C12H23NO4.2C7H13NO2.2C5H10O2.C5H8O2/c1-6-23-15(20)9-12-18(11-8-14(19)22-5)10-7-13-24-16(21)17(2,3)4;1-12(2,3)11(15)17-9-5-7-13-8-6-10(14)16-4;2*1-10-7(9)3-6-8-4-2-5-8;2*1-5(2,3)4(6)7;1-3-5(6)7-4-2/h6-13H2,1-5H3;13H,5-9H2,1-4H3;2*2-6H2,1H3;2*1-3H3,(H,6,7);3H,1,4H2,2H3. The predicted molar refractivity (Wildman–Crippen MR) is 307 cm³/mol. The molecule has 0 aromatic rings. The highest BCUT2D eigenvalue weighted by molar-refractivity contribution is 5.81. The molecule has 2 saturated heterocycles. The summed E-state index contributed by atoms with van der Waals surface area (Å²) < 4.78 is 37.8. The first kappa shape index (κ1) is 85.1. The molecular weight excluding hydrogens is 1070 g/mol. The lowest BCUT2D eigenvalue weighted by atomic mass is 9.97. The molecule has 2 aliphatic heterocycles. The largest absolute Gasteiger partial charge is 0.550 e. The summed E-state index contributed by atoms with van der Waals surface area (Å²) in [5, 5.41) is 21.2. The highest BCUT2D eigenvalue weighted by Crippen LogP contribution is 2.16. The zero-order valence-electron chi connectivity index (χ0n) is 53.4. The van der Waals surface area contributed by atoms with Gasteiger partial charge in [0.05, 0.1) is 123 Å². The number of hydrogen-bond donors (Lipinski definition) is 3. The SMILES string of the molecule is C=CC(=O)OCC.CC(C)(C)C(=O)O.CC(C)(C)C(=O)[O-].CCOC(=O)CCN(CCCOC(=O)C(C)(C)C)CCC(=O)OC.COC(=O)CCN1CCC1.COC(=O)CCNCCCOC(=O)C(C)(C)C.COC(=O)CC[NH+]1CCC1. The maximum absolute atomic E-state index is 11.7. The minimum Gasteiger partial charge on any atom is -0.550 e. The highest BCUT2D eigenvalue weighted by Gasteiger charge is 2.24. The third-order valence-corrected chi connectivity index (χ3v) is 10.8. The van der Waals surface area contributed by atoms with E-state index in [1.165, 1.54) is 59.3 Å². The van der Waals surface area contributed by atoms with Crippen LogP contribution < -0.4 is 15.3 Å². The number of likely N-dealkylation sites (tertiary alicyclic amines) is 2. The molecular formula is C58H108N4O20. The Morgan fingerprint density at radius 3 is 1.32 bits per heavy atom. The van der Waals surface area contributed by atoms with Gasteiger partial charge in [0.15, 0.2) is 0 Å². The quantitative estimate of drug-likeness (QED) is 0.0482. The Labute approximate surface area is 490 Å². The van der Waals surface area contributed by atoms with Gasteiger partial charge in [-0.3, -0.25) is 38.4 Å². The number of carboxylic acid groups (broad SMARTS) is 2. The number of quaternary nitrogens is 1. The van der Waals surface area contributed by atoms with E-state index in [0.717, 1.165) is 38.7 Å². The van der Waals surface area contributed by atoms with Crippen LogP contribution in [0.5, 0.6) is 0 Å². The summed E-state index contributed by atoms with van der Waals surface area (Å²) in [5.74, 6) is -3.53. The zero-order chi connectivity index (χ0) is 64.5. The van der Waals surface area contributed by atoms with E-state index in [4.69, 9.17) is 19.3 Å². The van der Waals surface area contributed by atoms with Gasteiger partial charge in [-0.1, -0.05) is 27.4 Å². The Bertz CT molecular complexity index is 1750. The van der Waals surface area contributed by atoms with Gasteiger partial charge in [-0.2, -0.15) is 0 Å². The molecule has 0 saturated carbocycles. The van der Waals surface area contributed by atoms with E-state index >= 15 is 0 Å². The first-order valence-corrected chi connectivity index (χ1v) is 27.9. The van der Waals surface area contributed by atoms with Crippen LogP contribution in [0.2, 0.25) is 0 Å². The molecule has 82 heavy (non-hydrogen) atoms.